The van der Waals surface area contributed by atoms with Gasteiger partial charge in [0.15, 0.2) is 0 Å². The number of allylic oxidation sites excluding steroid dienone is 1. The number of amides is 2. The van der Waals surface area contributed by atoms with Crippen LogP contribution in [0.3, 0.4) is 0 Å². The van der Waals surface area contributed by atoms with E-state index >= 15 is 0 Å². The Morgan fingerprint density at radius 1 is 1.33 bits per heavy atom. The van der Waals surface area contributed by atoms with Crippen LogP contribution in [0.1, 0.15) is 50.6 Å². The number of nitrogens with one attached hydrogen (secondary N) is 2. The largest absolute Gasteiger partial charge is 0.462 e. The monoisotopic (exact) mass is 329 g/mol. The SMILES string of the molecule is CC1=C(C(=O)OCC2CCCCC2)C(c2cccnc2)NC(=O)N1. The minimum Gasteiger partial charge on any atom is -0.462 e. The van der Waals surface area contributed by atoms with Crippen molar-refractivity contribution in [1.29, 1.82) is 0 Å². The van der Waals surface area contributed by atoms with Crippen molar-refractivity contribution >= 4 is 12.0 Å². The van der Waals surface area contributed by atoms with E-state index in [1.54, 1.807) is 25.4 Å². The van der Waals surface area contributed by atoms with Crippen LogP contribution in [0, 0.1) is 5.92 Å². The van der Waals surface area contributed by atoms with Crippen LogP contribution in [-0.4, -0.2) is 23.6 Å². The van der Waals surface area contributed by atoms with Gasteiger partial charge in [-0.15, -0.1) is 0 Å². The molecule has 0 aromatic carbocycles. The first kappa shape index (κ1) is 16.5. The molecule has 1 aromatic rings. The van der Waals surface area contributed by atoms with E-state index in [1.807, 2.05) is 6.07 Å². The number of urea groups is 1. The highest BCUT2D eigenvalue weighted by molar-refractivity contribution is 5.94. The van der Waals surface area contributed by atoms with E-state index < -0.39 is 6.04 Å². The molecule has 1 atom stereocenters. The number of rotatable bonds is 4. The lowest BCUT2D eigenvalue weighted by Gasteiger charge is -2.28. The third-order valence-corrected chi connectivity index (χ3v) is 4.68. The van der Waals surface area contributed by atoms with Gasteiger partial charge >= 0.3 is 12.0 Å². The molecule has 2 aliphatic rings. The zero-order chi connectivity index (χ0) is 16.9. The maximum atomic E-state index is 12.6. The molecule has 1 aromatic heterocycles. The average molecular weight is 329 g/mol. The van der Waals surface area contributed by atoms with Gasteiger partial charge in [0.1, 0.15) is 0 Å². The minimum atomic E-state index is -0.536. The molecule has 1 saturated carbocycles. The molecule has 24 heavy (non-hydrogen) atoms. The van der Waals surface area contributed by atoms with E-state index in [0.717, 1.165) is 18.4 Å². The van der Waals surface area contributed by atoms with Gasteiger partial charge in [-0.25, -0.2) is 9.59 Å². The summed E-state index contributed by atoms with van der Waals surface area (Å²) in [5, 5.41) is 5.44. The second kappa shape index (κ2) is 7.47. The molecule has 1 aliphatic heterocycles. The Balaban J connectivity index is 1.75. The van der Waals surface area contributed by atoms with Crippen molar-refractivity contribution in [1.82, 2.24) is 15.6 Å². The van der Waals surface area contributed by atoms with Crippen LogP contribution >= 0.6 is 0 Å². The molecule has 2 amide bonds. The lowest BCUT2D eigenvalue weighted by atomic mass is 9.90. The van der Waals surface area contributed by atoms with Crippen molar-refractivity contribution < 1.29 is 14.3 Å². The number of aromatic nitrogens is 1. The number of esters is 1. The smallest absolute Gasteiger partial charge is 0.338 e. The van der Waals surface area contributed by atoms with Gasteiger partial charge in [0.05, 0.1) is 18.2 Å². The van der Waals surface area contributed by atoms with Gasteiger partial charge in [0.2, 0.25) is 0 Å². The number of hydrogen-bond acceptors (Lipinski definition) is 4. The van der Waals surface area contributed by atoms with Gasteiger partial charge < -0.3 is 15.4 Å². The van der Waals surface area contributed by atoms with E-state index in [1.165, 1.54) is 19.3 Å². The third-order valence-electron chi connectivity index (χ3n) is 4.68. The highest BCUT2D eigenvalue weighted by Crippen LogP contribution is 2.28. The fourth-order valence-corrected chi connectivity index (χ4v) is 3.39. The summed E-state index contributed by atoms with van der Waals surface area (Å²) < 4.78 is 5.57. The minimum absolute atomic E-state index is 0.329. The molecule has 1 aliphatic carbocycles. The molecule has 0 spiro atoms. The highest BCUT2D eigenvalue weighted by Gasteiger charge is 2.32. The lowest BCUT2D eigenvalue weighted by Crippen LogP contribution is -2.45. The molecule has 0 radical (unpaired) electrons. The zero-order valence-electron chi connectivity index (χ0n) is 13.9. The molecule has 0 saturated heterocycles. The fraction of sp³-hybridized carbons (Fsp3) is 0.500. The van der Waals surface area contributed by atoms with E-state index in [0.29, 0.717) is 23.8 Å². The van der Waals surface area contributed by atoms with Gasteiger partial charge in [-0.1, -0.05) is 25.3 Å². The maximum Gasteiger partial charge on any atom is 0.338 e. The third kappa shape index (κ3) is 3.75. The molecule has 1 fully saturated rings. The van der Waals surface area contributed by atoms with Gasteiger partial charge in [-0.3, -0.25) is 4.98 Å². The van der Waals surface area contributed by atoms with Crippen molar-refractivity contribution in [3.63, 3.8) is 0 Å². The molecule has 0 bridgehead atoms. The van der Waals surface area contributed by atoms with Crippen LogP contribution in [0.25, 0.3) is 0 Å². The van der Waals surface area contributed by atoms with Crippen molar-refractivity contribution in [3.8, 4) is 0 Å². The van der Waals surface area contributed by atoms with Crippen LogP contribution < -0.4 is 10.6 Å². The van der Waals surface area contributed by atoms with E-state index in [-0.39, 0.29) is 12.0 Å². The Morgan fingerprint density at radius 3 is 2.83 bits per heavy atom. The summed E-state index contributed by atoms with van der Waals surface area (Å²) in [6.07, 6.45) is 9.23. The Kier molecular flexibility index (Phi) is 5.13. The lowest BCUT2D eigenvalue weighted by molar-refractivity contribution is -0.141. The first-order chi connectivity index (χ1) is 11.6. The number of carbonyl (C=O) groups excluding carboxylic acids is 2. The molecular weight excluding hydrogens is 306 g/mol. The Morgan fingerprint density at radius 2 is 2.12 bits per heavy atom. The fourth-order valence-electron chi connectivity index (χ4n) is 3.39. The topological polar surface area (TPSA) is 80.3 Å². The maximum absolute atomic E-state index is 12.6. The van der Waals surface area contributed by atoms with Crippen LogP contribution in [0.5, 0.6) is 0 Å². The van der Waals surface area contributed by atoms with Gasteiger partial charge in [-0.2, -0.15) is 0 Å². The Hall–Kier alpha value is -2.37. The number of hydrogen-bond donors (Lipinski definition) is 2. The van der Waals surface area contributed by atoms with Crippen LogP contribution in [0.4, 0.5) is 4.79 Å². The van der Waals surface area contributed by atoms with Crippen molar-refractivity contribution in [2.45, 2.75) is 45.1 Å². The average Bonchev–Trinajstić information content (AvgIpc) is 2.60. The molecule has 2 heterocycles. The zero-order valence-corrected chi connectivity index (χ0v) is 13.9. The molecule has 128 valence electrons. The van der Waals surface area contributed by atoms with Crippen LogP contribution in [0.15, 0.2) is 35.8 Å². The summed E-state index contributed by atoms with van der Waals surface area (Å²) in [4.78, 5) is 28.5. The van der Waals surface area contributed by atoms with Crippen molar-refractivity contribution in [3.05, 3.63) is 41.4 Å². The second-order valence-corrected chi connectivity index (χ2v) is 6.46. The highest BCUT2D eigenvalue weighted by atomic mass is 16.5. The van der Waals surface area contributed by atoms with E-state index in [4.69, 9.17) is 4.74 Å². The van der Waals surface area contributed by atoms with Gasteiger partial charge in [0.25, 0.3) is 0 Å². The molecule has 3 rings (SSSR count). The van der Waals surface area contributed by atoms with E-state index in [2.05, 4.69) is 15.6 Å². The summed E-state index contributed by atoms with van der Waals surface area (Å²) in [7, 11) is 0. The second-order valence-electron chi connectivity index (χ2n) is 6.46. The van der Waals surface area contributed by atoms with Gasteiger partial charge in [0, 0.05) is 18.1 Å². The van der Waals surface area contributed by atoms with Crippen molar-refractivity contribution in [2.24, 2.45) is 5.92 Å². The first-order valence-electron chi connectivity index (χ1n) is 8.50. The predicted octanol–water partition coefficient (Wildman–Crippen LogP) is 2.83. The molecule has 6 heteroatoms. The number of nitrogens with zero attached hydrogens (tertiary/aromatic N) is 1. The van der Waals surface area contributed by atoms with E-state index in [9.17, 15) is 9.59 Å². The van der Waals surface area contributed by atoms with Crippen LogP contribution in [-0.2, 0) is 9.53 Å². The summed E-state index contributed by atoms with van der Waals surface area (Å²) >= 11 is 0. The van der Waals surface area contributed by atoms with Gasteiger partial charge in [-0.05, 0) is 37.3 Å². The van der Waals surface area contributed by atoms with Crippen molar-refractivity contribution in [2.75, 3.05) is 6.61 Å². The molecule has 2 N–H and O–H groups in total. The number of pyridine rings is 1. The molecule has 1 unspecified atom stereocenters. The summed E-state index contributed by atoms with van der Waals surface area (Å²) in [6, 6.07) is 2.76. The molecule has 6 nitrogen and oxygen atoms in total. The Labute approximate surface area is 141 Å². The quantitative estimate of drug-likeness (QED) is 0.832. The standard InChI is InChI=1S/C18H23N3O3/c1-12-15(17(22)24-11-13-6-3-2-4-7-13)16(21-18(23)20-12)14-8-5-9-19-10-14/h5,8-10,13,16H,2-4,6-7,11H2,1H3,(H2,20,21,23). The predicted molar refractivity (Wildman–Crippen MR) is 88.9 cm³/mol. The number of ether oxygens (including phenoxy) is 1. The Bertz CT molecular complexity index is 636. The molecular formula is C18H23N3O3. The first-order valence-corrected chi connectivity index (χ1v) is 8.50. The summed E-state index contributed by atoms with van der Waals surface area (Å²) in [6.45, 7) is 2.17. The normalized spacial score (nSPS) is 21.9. The summed E-state index contributed by atoms with van der Waals surface area (Å²) in [5.74, 6) is 0.0750. The van der Waals surface area contributed by atoms with Crippen LogP contribution in [0.2, 0.25) is 0 Å². The summed E-state index contributed by atoms with van der Waals surface area (Å²) in [5.41, 5.74) is 1.73. The number of carbonyl (C=O) groups is 2.